The lowest BCUT2D eigenvalue weighted by Crippen LogP contribution is -2.23. The van der Waals surface area contributed by atoms with Crippen LogP contribution in [0.2, 0.25) is 0 Å². The van der Waals surface area contributed by atoms with Crippen molar-refractivity contribution in [3.05, 3.63) is 51.6 Å². The molecular weight excluding hydrogens is 230 g/mol. The van der Waals surface area contributed by atoms with Crippen LogP contribution in [0.3, 0.4) is 0 Å². The third-order valence-electron chi connectivity index (χ3n) is 2.71. The van der Waals surface area contributed by atoms with Gasteiger partial charge in [0.1, 0.15) is 17.3 Å². The van der Waals surface area contributed by atoms with Crippen LogP contribution in [0.1, 0.15) is 23.0 Å². The van der Waals surface area contributed by atoms with Crippen molar-refractivity contribution in [2.24, 2.45) is 0 Å². The molecule has 0 unspecified atom stereocenters. The van der Waals surface area contributed by atoms with Gasteiger partial charge in [-0.25, -0.2) is 4.98 Å². The zero-order valence-electron chi connectivity index (χ0n) is 10.9. The molecule has 0 aromatic carbocycles. The predicted molar refractivity (Wildman–Crippen MR) is 68.5 cm³/mol. The third-order valence-corrected chi connectivity index (χ3v) is 2.71. The van der Waals surface area contributed by atoms with E-state index >= 15 is 0 Å². The molecule has 96 valence electrons. The summed E-state index contributed by atoms with van der Waals surface area (Å²) in [5, 5.41) is 3.02. The molecular formula is C13H17N3O2. The number of furan rings is 1. The van der Waals surface area contributed by atoms with E-state index in [1.54, 1.807) is 4.57 Å². The Hall–Kier alpha value is -1.88. The van der Waals surface area contributed by atoms with Crippen molar-refractivity contribution < 1.29 is 4.42 Å². The fourth-order valence-electron chi connectivity index (χ4n) is 1.89. The van der Waals surface area contributed by atoms with Gasteiger partial charge < -0.3 is 9.73 Å². The topological polar surface area (TPSA) is 60.1 Å². The van der Waals surface area contributed by atoms with Crippen molar-refractivity contribution in [3.8, 4) is 0 Å². The van der Waals surface area contributed by atoms with Crippen molar-refractivity contribution in [2.45, 2.75) is 26.9 Å². The van der Waals surface area contributed by atoms with Crippen molar-refractivity contribution >= 4 is 0 Å². The molecule has 0 fully saturated rings. The Kier molecular flexibility index (Phi) is 3.62. The first kappa shape index (κ1) is 12.6. The Labute approximate surface area is 105 Å². The molecule has 0 saturated carbocycles. The molecule has 1 N–H and O–H groups in total. The van der Waals surface area contributed by atoms with Gasteiger partial charge in [0.05, 0.1) is 13.1 Å². The highest BCUT2D eigenvalue weighted by Gasteiger charge is 2.07. The summed E-state index contributed by atoms with van der Waals surface area (Å²) in [6.07, 6.45) is 0. The first-order chi connectivity index (χ1) is 8.60. The second-order valence-electron chi connectivity index (χ2n) is 4.27. The first-order valence-electron chi connectivity index (χ1n) is 5.87. The molecule has 5 nitrogen and oxygen atoms in total. The summed E-state index contributed by atoms with van der Waals surface area (Å²) in [7, 11) is 1.86. The lowest BCUT2D eigenvalue weighted by molar-refractivity contribution is 0.439. The average molecular weight is 247 g/mol. The Balaban J connectivity index is 2.25. The van der Waals surface area contributed by atoms with Crippen LogP contribution in [-0.4, -0.2) is 16.6 Å². The molecule has 0 bridgehead atoms. The lowest BCUT2D eigenvalue weighted by Gasteiger charge is -2.07. The van der Waals surface area contributed by atoms with Gasteiger partial charge >= 0.3 is 0 Å². The van der Waals surface area contributed by atoms with Gasteiger partial charge in [0.15, 0.2) is 0 Å². The van der Waals surface area contributed by atoms with Gasteiger partial charge in [0.2, 0.25) is 0 Å². The highest BCUT2D eigenvalue weighted by molar-refractivity contribution is 5.09. The van der Waals surface area contributed by atoms with E-state index in [0.29, 0.717) is 18.9 Å². The van der Waals surface area contributed by atoms with Gasteiger partial charge in [-0.2, -0.15) is 0 Å². The summed E-state index contributed by atoms with van der Waals surface area (Å²) in [6.45, 7) is 4.74. The number of hydrogen-bond donors (Lipinski definition) is 1. The van der Waals surface area contributed by atoms with Crippen LogP contribution in [0, 0.1) is 13.8 Å². The fraction of sp³-hybridized carbons (Fsp3) is 0.385. The summed E-state index contributed by atoms with van der Waals surface area (Å²) < 4.78 is 7.22. The highest BCUT2D eigenvalue weighted by Crippen LogP contribution is 2.09. The number of nitrogens with zero attached hydrogens (tertiary/aromatic N) is 2. The first-order valence-corrected chi connectivity index (χ1v) is 5.87. The van der Waals surface area contributed by atoms with E-state index in [0.717, 1.165) is 17.2 Å². The molecule has 0 atom stereocenters. The molecule has 2 heterocycles. The Morgan fingerprint density at radius 3 is 2.72 bits per heavy atom. The fourth-order valence-corrected chi connectivity index (χ4v) is 1.89. The monoisotopic (exact) mass is 247 g/mol. The second-order valence-corrected chi connectivity index (χ2v) is 4.27. The Morgan fingerprint density at radius 2 is 2.06 bits per heavy atom. The molecule has 0 radical (unpaired) electrons. The Bertz CT molecular complexity index is 599. The maximum absolute atomic E-state index is 11.9. The van der Waals surface area contributed by atoms with Gasteiger partial charge in [-0.15, -0.1) is 0 Å². The minimum atomic E-state index is -0.0495. The number of aryl methyl sites for hydroxylation is 2. The summed E-state index contributed by atoms with van der Waals surface area (Å²) in [6, 6.07) is 5.33. The molecule has 0 saturated heterocycles. The van der Waals surface area contributed by atoms with Gasteiger partial charge in [0, 0.05) is 11.8 Å². The zero-order chi connectivity index (χ0) is 13.1. The van der Waals surface area contributed by atoms with Crippen molar-refractivity contribution in [1.29, 1.82) is 0 Å². The molecule has 0 spiro atoms. The summed E-state index contributed by atoms with van der Waals surface area (Å²) in [4.78, 5) is 16.1. The van der Waals surface area contributed by atoms with E-state index in [1.807, 2.05) is 33.0 Å². The number of aromatic nitrogens is 2. The molecule has 0 amide bonds. The predicted octanol–water partition coefficient (Wildman–Crippen LogP) is 1.22. The molecule has 0 aliphatic carbocycles. The van der Waals surface area contributed by atoms with Gasteiger partial charge in [-0.1, -0.05) is 0 Å². The number of rotatable bonds is 4. The third kappa shape index (κ3) is 2.68. The number of nitrogens with one attached hydrogen (secondary N) is 1. The van der Waals surface area contributed by atoms with Gasteiger partial charge in [0.25, 0.3) is 5.56 Å². The zero-order valence-corrected chi connectivity index (χ0v) is 10.9. The minimum Gasteiger partial charge on any atom is -0.463 e. The highest BCUT2D eigenvalue weighted by atomic mass is 16.3. The summed E-state index contributed by atoms with van der Waals surface area (Å²) >= 11 is 0. The lowest BCUT2D eigenvalue weighted by atomic mass is 10.3. The average Bonchev–Trinajstić information content (AvgIpc) is 2.72. The standard InChI is InChI=1S/C13H17N3O2/c1-9-6-13(17)16(10(2)15-9)8-12-5-4-11(18-12)7-14-3/h4-6,14H,7-8H2,1-3H3. The quantitative estimate of drug-likeness (QED) is 0.882. The SMILES string of the molecule is CNCc1ccc(Cn2c(C)nc(C)cc2=O)o1. The van der Waals surface area contributed by atoms with Crippen molar-refractivity contribution in [1.82, 2.24) is 14.9 Å². The van der Waals surface area contributed by atoms with Crippen LogP contribution in [0.25, 0.3) is 0 Å². The van der Waals surface area contributed by atoms with Crippen LogP contribution < -0.4 is 10.9 Å². The summed E-state index contributed by atoms with van der Waals surface area (Å²) in [5.41, 5.74) is 0.690. The van der Waals surface area contributed by atoms with Crippen LogP contribution in [-0.2, 0) is 13.1 Å². The smallest absolute Gasteiger partial charge is 0.254 e. The normalized spacial score (nSPS) is 10.8. The van der Waals surface area contributed by atoms with E-state index in [-0.39, 0.29) is 5.56 Å². The maximum atomic E-state index is 11.9. The van der Waals surface area contributed by atoms with Gasteiger partial charge in [-0.05, 0) is 33.0 Å². The van der Waals surface area contributed by atoms with E-state index < -0.39 is 0 Å². The molecule has 0 aliphatic rings. The van der Waals surface area contributed by atoms with Crippen molar-refractivity contribution in [2.75, 3.05) is 7.05 Å². The van der Waals surface area contributed by atoms with Crippen LogP contribution in [0.15, 0.2) is 27.4 Å². The van der Waals surface area contributed by atoms with Crippen molar-refractivity contribution in [3.63, 3.8) is 0 Å². The number of hydrogen-bond acceptors (Lipinski definition) is 4. The molecule has 2 aromatic rings. The molecule has 18 heavy (non-hydrogen) atoms. The van der Waals surface area contributed by atoms with Crippen LogP contribution in [0.4, 0.5) is 0 Å². The molecule has 2 rings (SSSR count). The second kappa shape index (κ2) is 5.18. The van der Waals surface area contributed by atoms with Gasteiger partial charge in [-0.3, -0.25) is 9.36 Å². The van der Waals surface area contributed by atoms with E-state index in [4.69, 9.17) is 4.42 Å². The Morgan fingerprint density at radius 1 is 1.33 bits per heavy atom. The molecule has 0 aliphatic heterocycles. The van der Waals surface area contributed by atoms with Crippen LogP contribution in [0.5, 0.6) is 0 Å². The largest absolute Gasteiger partial charge is 0.463 e. The molecule has 5 heteroatoms. The van der Waals surface area contributed by atoms with E-state index in [2.05, 4.69) is 10.3 Å². The van der Waals surface area contributed by atoms with E-state index in [9.17, 15) is 4.79 Å². The molecule has 2 aromatic heterocycles. The summed E-state index contributed by atoms with van der Waals surface area (Å²) in [5.74, 6) is 2.32. The maximum Gasteiger partial charge on any atom is 0.254 e. The van der Waals surface area contributed by atoms with E-state index in [1.165, 1.54) is 6.07 Å². The van der Waals surface area contributed by atoms with Crippen LogP contribution >= 0.6 is 0 Å². The minimum absolute atomic E-state index is 0.0495.